The summed E-state index contributed by atoms with van der Waals surface area (Å²) in [6.45, 7) is 4.69. The largest absolute Gasteiger partial charge is 0.453 e. The number of nitrogens with two attached hydrogens (primary N) is 1. The van der Waals surface area contributed by atoms with E-state index in [1.165, 1.54) is 0 Å². The highest BCUT2D eigenvalue weighted by molar-refractivity contribution is 9.10. The first-order chi connectivity index (χ1) is 9.06. The van der Waals surface area contributed by atoms with E-state index in [4.69, 9.17) is 21.9 Å². The van der Waals surface area contributed by atoms with Crippen molar-refractivity contribution >= 4 is 27.5 Å². The molecule has 19 heavy (non-hydrogen) atoms. The number of hydrogen-bond donors (Lipinski definition) is 2. The first-order valence-electron chi connectivity index (χ1n) is 6.00. The monoisotopic (exact) mass is 346 g/mol. The number of rotatable bonds is 5. The lowest BCUT2D eigenvalue weighted by Gasteiger charge is -2.14. The van der Waals surface area contributed by atoms with Crippen molar-refractivity contribution in [2.24, 2.45) is 5.84 Å². The third kappa shape index (κ3) is 3.02. The van der Waals surface area contributed by atoms with Crippen molar-refractivity contribution in [2.75, 3.05) is 0 Å². The van der Waals surface area contributed by atoms with Crippen molar-refractivity contribution in [3.63, 3.8) is 0 Å². The van der Waals surface area contributed by atoms with Gasteiger partial charge in [-0.1, -0.05) is 11.6 Å². The molecule has 2 rings (SSSR count). The molecule has 2 aromatic rings. The number of nitrogens with zero attached hydrogens (tertiary/aromatic N) is 2. The van der Waals surface area contributed by atoms with Gasteiger partial charge in [0.1, 0.15) is 5.76 Å². The molecule has 2 heterocycles. The number of nitrogens with one attached hydrogen (secondary N) is 1. The van der Waals surface area contributed by atoms with Crippen molar-refractivity contribution in [1.82, 2.24) is 15.2 Å². The average molecular weight is 348 g/mol. The van der Waals surface area contributed by atoms with Gasteiger partial charge < -0.3 is 4.42 Å². The Kier molecular flexibility index (Phi) is 4.67. The number of aryl methyl sites for hydroxylation is 2. The minimum atomic E-state index is -0.148. The SMILES string of the molecule is CCn1nc(C)c(Cl)c1CC(NN)c1ccc(Br)o1. The van der Waals surface area contributed by atoms with Crippen LogP contribution in [0.3, 0.4) is 0 Å². The molecule has 1 unspecified atom stereocenters. The lowest BCUT2D eigenvalue weighted by molar-refractivity contribution is 0.398. The maximum atomic E-state index is 6.29. The minimum Gasteiger partial charge on any atom is -0.453 e. The highest BCUT2D eigenvalue weighted by atomic mass is 79.9. The summed E-state index contributed by atoms with van der Waals surface area (Å²) >= 11 is 9.58. The lowest BCUT2D eigenvalue weighted by Crippen LogP contribution is -2.30. The number of furan rings is 1. The normalized spacial score (nSPS) is 12.9. The van der Waals surface area contributed by atoms with Gasteiger partial charge in [0.15, 0.2) is 4.67 Å². The molecule has 3 N–H and O–H groups in total. The smallest absolute Gasteiger partial charge is 0.169 e. The fourth-order valence-corrected chi connectivity index (χ4v) is 2.55. The van der Waals surface area contributed by atoms with Crippen LogP contribution in [0.25, 0.3) is 0 Å². The second kappa shape index (κ2) is 6.09. The molecule has 0 fully saturated rings. The van der Waals surface area contributed by atoms with E-state index >= 15 is 0 Å². The molecule has 7 heteroatoms. The Labute approximate surface area is 125 Å². The first-order valence-corrected chi connectivity index (χ1v) is 7.17. The maximum Gasteiger partial charge on any atom is 0.169 e. The van der Waals surface area contributed by atoms with Crippen LogP contribution >= 0.6 is 27.5 Å². The molecular formula is C12H16BrClN4O. The Morgan fingerprint density at radius 2 is 2.32 bits per heavy atom. The molecule has 1 atom stereocenters. The Morgan fingerprint density at radius 3 is 2.84 bits per heavy atom. The van der Waals surface area contributed by atoms with E-state index in [-0.39, 0.29) is 6.04 Å². The number of halogens is 2. The van der Waals surface area contributed by atoms with Crippen LogP contribution in [0.4, 0.5) is 0 Å². The molecule has 104 valence electrons. The van der Waals surface area contributed by atoms with Gasteiger partial charge in [-0.2, -0.15) is 5.10 Å². The van der Waals surface area contributed by atoms with Crippen LogP contribution in [-0.2, 0) is 13.0 Å². The zero-order valence-electron chi connectivity index (χ0n) is 10.8. The van der Waals surface area contributed by atoms with Gasteiger partial charge in [0, 0.05) is 13.0 Å². The van der Waals surface area contributed by atoms with E-state index in [2.05, 4.69) is 26.5 Å². The van der Waals surface area contributed by atoms with Gasteiger partial charge in [0.05, 0.1) is 22.5 Å². The van der Waals surface area contributed by atoms with Gasteiger partial charge >= 0.3 is 0 Å². The highest BCUT2D eigenvalue weighted by Crippen LogP contribution is 2.27. The second-order valence-electron chi connectivity index (χ2n) is 4.23. The van der Waals surface area contributed by atoms with Crippen molar-refractivity contribution in [3.05, 3.63) is 39.0 Å². The molecule has 0 spiro atoms. The third-order valence-corrected chi connectivity index (χ3v) is 3.91. The summed E-state index contributed by atoms with van der Waals surface area (Å²) in [7, 11) is 0. The Morgan fingerprint density at radius 1 is 1.58 bits per heavy atom. The highest BCUT2D eigenvalue weighted by Gasteiger charge is 2.20. The summed E-state index contributed by atoms with van der Waals surface area (Å²) in [5.41, 5.74) is 4.54. The zero-order chi connectivity index (χ0) is 14.0. The molecule has 0 aliphatic carbocycles. The summed E-state index contributed by atoms with van der Waals surface area (Å²) < 4.78 is 8.09. The van der Waals surface area contributed by atoms with E-state index in [1.807, 2.05) is 30.7 Å². The predicted octanol–water partition coefficient (Wildman–Crippen LogP) is 2.97. The summed E-state index contributed by atoms with van der Waals surface area (Å²) in [6, 6.07) is 3.57. The predicted molar refractivity (Wildman–Crippen MR) is 77.8 cm³/mol. The second-order valence-corrected chi connectivity index (χ2v) is 5.39. The summed E-state index contributed by atoms with van der Waals surface area (Å²) in [5, 5.41) is 5.08. The lowest BCUT2D eigenvalue weighted by atomic mass is 10.1. The van der Waals surface area contributed by atoms with Gasteiger partial charge in [-0.3, -0.25) is 10.5 Å². The van der Waals surface area contributed by atoms with Gasteiger partial charge in [-0.05, 0) is 41.9 Å². The van der Waals surface area contributed by atoms with Crippen molar-refractivity contribution in [3.8, 4) is 0 Å². The van der Waals surface area contributed by atoms with Gasteiger partial charge in [0.25, 0.3) is 0 Å². The summed E-state index contributed by atoms with van der Waals surface area (Å²) in [4.78, 5) is 0. The van der Waals surface area contributed by atoms with E-state index in [0.29, 0.717) is 16.1 Å². The van der Waals surface area contributed by atoms with E-state index in [0.717, 1.165) is 23.7 Å². The first kappa shape index (κ1) is 14.6. The molecule has 0 aromatic carbocycles. The molecule has 0 bridgehead atoms. The Balaban J connectivity index is 2.28. The van der Waals surface area contributed by atoms with Crippen molar-refractivity contribution < 1.29 is 4.42 Å². The standard InChI is InChI=1S/C12H16BrClN4O/c1-3-18-9(12(14)7(2)17-18)6-8(16-15)10-4-5-11(13)19-10/h4-5,8,16H,3,6,15H2,1-2H3. The summed E-state index contributed by atoms with van der Waals surface area (Å²) in [5.74, 6) is 6.37. The van der Waals surface area contributed by atoms with Crippen LogP contribution in [0.1, 0.15) is 30.1 Å². The molecule has 0 saturated heterocycles. The third-order valence-electron chi connectivity index (χ3n) is 2.99. The molecule has 0 aliphatic rings. The Bertz CT molecular complexity index is 566. The average Bonchev–Trinajstić information content (AvgIpc) is 2.93. The van der Waals surface area contributed by atoms with Gasteiger partial charge in [0.2, 0.25) is 0 Å². The number of hydrazine groups is 1. The topological polar surface area (TPSA) is 69.0 Å². The van der Waals surface area contributed by atoms with Gasteiger partial charge in [-0.15, -0.1) is 0 Å². The van der Waals surface area contributed by atoms with Crippen molar-refractivity contribution in [2.45, 2.75) is 32.9 Å². The fraction of sp³-hybridized carbons (Fsp3) is 0.417. The van der Waals surface area contributed by atoms with Crippen LogP contribution in [0.15, 0.2) is 21.2 Å². The molecule has 2 aromatic heterocycles. The fourth-order valence-electron chi connectivity index (χ4n) is 2.01. The molecular weight excluding hydrogens is 332 g/mol. The molecule has 0 radical (unpaired) electrons. The Hall–Kier alpha value is -0.820. The molecule has 5 nitrogen and oxygen atoms in total. The molecule has 0 aliphatic heterocycles. The van der Waals surface area contributed by atoms with Crippen LogP contribution in [-0.4, -0.2) is 9.78 Å². The maximum absolute atomic E-state index is 6.29. The molecule has 0 saturated carbocycles. The number of hydrogen-bond acceptors (Lipinski definition) is 4. The van der Waals surface area contributed by atoms with E-state index in [1.54, 1.807) is 0 Å². The van der Waals surface area contributed by atoms with E-state index in [9.17, 15) is 0 Å². The van der Waals surface area contributed by atoms with Crippen LogP contribution in [0.2, 0.25) is 5.02 Å². The van der Waals surface area contributed by atoms with E-state index < -0.39 is 0 Å². The molecule has 0 amide bonds. The zero-order valence-corrected chi connectivity index (χ0v) is 13.1. The van der Waals surface area contributed by atoms with Crippen LogP contribution < -0.4 is 11.3 Å². The number of aromatic nitrogens is 2. The van der Waals surface area contributed by atoms with Crippen LogP contribution in [0, 0.1) is 6.92 Å². The quantitative estimate of drug-likeness (QED) is 0.644. The summed E-state index contributed by atoms with van der Waals surface area (Å²) in [6.07, 6.45) is 0.615. The minimum absolute atomic E-state index is 0.148. The van der Waals surface area contributed by atoms with Gasteiger partial charge in [-0.25, -0.2) is 5.43 Å². The van der Waals surface area contributed by atoms with Crippen LogP contribution in [0.5, 0.6) is 0 Å². The van der Waals surface area contributed by atoms with Crippen molar-refractivity contribution in [1.29, 1.82) is 0 Å².